The standard InChI is InChI=1S/C12H25BN2O2/c13-8-2-1-7-12(15,11(16)17)9-3-5-10(14)6-4-9/h9-10H,1-8,13-15H2,(H,16,17). The molecule has 0 aromatic rings. The van der Waals surface area contributed by atoms with Crippen molar-refractivity contribution < 1.29 is 9.90 Å². The van der Waals surface area contributed by atoms with E-state index in [0.717, 1.165) is 44.8 Å². The van der Waals surface area contributed by atoms with E-state index in [1.165, 1.54) is 0 Å². The monoisotopic (exact) mass is 240 g/mol. The summed E-state index contributed by atoms with van der Waals surface area (Å²) in [5, 5.41) is 9.39. The Morgan fingerprint density at radius 3 is 2.35 bits per heavy atom. The van der Waals surface area contributed by atoms with Crippen molar-refractivity contribution in [2.75, 3.05) is 0 Å². The molecule has 0 aromatic carbocycles. The largest absolute Gasteiger partial charge is 0.480 e. The second-order valence-electron chi connectivity index (χ2n) is 5.41. The molecule has 1 aliphatic carbocycles. The van der Waals surface area contributed by atoms with E-state index >= 15 is 0 Å². The number of hydrogen-bond acceptors (Lipinski definition) is 3. The summed E-state index contributed by atoms with van der Waals surface area (Å²) in [5.41, 5.74) is 11.0. The molecule has 1 saturated carbocycles. The van der Waals surface area contributed by atoms with Crippen LogP contribution in [0.3, 0.4) is 0 Å². The third-order valence-corrected chi connectivity index (χ3v) is 4.09. The van der Waals surface area contributed by atoms with Gasteiger partial charge in [0.25, 0.3) is 0 Å². The normalized spacial score (nSPS) is 28.6. The van der Waals surface area contributed by atoms with Gasteiger partial charge in [-0.25, -0.2) is 0 Å². The Morgan fingerprint density at radius 1 is 1.29 bits per heavy atom. The van der Waals surface area contributed by atoms with Gasteiger partial charge in [0.05, 0.1) is 0 Å². The van der Waals surface area contributed by atoms with Crippen molar-refractivity contribution in [2.24, 2.45) is 17.4 Å². The van der Waals surface area contributed by atoms with Crippen molar-refractivity contribution >= 4 is 13.8 Å². The third-order valence-electron chi connectivity index (χ3n) is 4.09. The van der Waals surface area contributed by atoms with E-state index in [2.05, 4.69) is 7.85 Å². The van der Waals surface area contributed by atoms with Crippen LogP contribution in [-0.4, -0.2) is 30.5 Å². The number of nitrogens with two attached hydrogens (primary N) is 2. The SMILES string of the molecule is BCCCCC(N)(C(=O)O)C1CCC(N)CC1. The summed E-state index contributed by atoms with van der Waals surface area (Å²) in [7, 11) is 2.11. The van der Waals surface area contributed by atoms with Crippen molar-refractivity contribution in [1.29, 1.82) is 0 Å². The Labute approximate surface area is 105 Å². The first kappa shape index (κ1) is 14.5. The van der Waals surface area contributed by atoms with Gasteiger partial charge in [-0.1, -0.05) is 19.2 Å². The predicted molar refractivity (Wildman–Crippen MR) is 71.7 cm³/mol. The minimum Gasteiger partial charge on any atom is -0.480 e. The molecule has 1 rings (SSSR count). The molecule has 0 radical (unpaired) electrons. The summed E-state index contributed by atoms with van der Waals surface area (Å²) >= 11 is 0. The highest BCUT2D eigenvalue weighted by atomic mass is 16.4. The lowest BCUT2D eigenvalue weighted by molar-refractivity contribution is -0.146. The van der Waals surface area contributed by atoms with Crippen LogP contribution in [0.5, 0.6) is 0 Å². The van der Waals surface area contributed by atoms with Crippen LogP contribution in [0.15, 0.2) is 0 Å². The topological polar surface area (TPSA) is 89.3 Å². The van der Waals surface area contributed by atoms with Crippen LogP contribution in [0.4, 0.5) is 0 Å². The molecule has 98 valence electrons. The first-order chi connectivity index (χ1) is 8.00. The zero-order chi connectivity index (χ0) is 12.9. The Bertz CT molecular complexity index is 255. The third kappa shape index (κ3) is 3.71. The van der Waals surface area contributed by atoms with Crippen molar-refractivity contribution in [1.82, 2.24) is 0 Å². The quantitative estimate of drug-likeness (QED) is 0.466. The van der Waals surface area contributed by atoms with E-state index in [1.807, 2.05) is 0 Å². The van der Waals surface area contributed by atoms with Crippen LogP contribution in [0.2, 0.25) is 6.32 Å². The number of hydrogen-bond donors (Lipinski definition) is 3. The lowest BCUT2D eigenvalue weighted by atomic mass is 9.71. The molecule has 5 N–H and O–H groups in total. The van der Waals surface area contributed by atoms with E-state index in [9.17, 15) is 9.90 Å². The summed E-state index contributed by atoms with van der Waals surface area (Å²) in [4.78, 5) is 11.4. The molecule has 0 saturated heterocycles. The second kappa shape index (κ2) is 6.40. The Balaban J connectivity index is 2.60. The first-order valence-electron chi connectivity index (χ1n) is 6.78. The molecule has 0 aliphatic heterocycles. The van der Waals surface area contributed by atoms with Crippen molar-refractivity contribution in [3.63, 3.8) is 0 Å². The van der Waals surface area contributed by atoms with Gasteiger partial charge in [-0.15, -0.1) is 0 Å². The fourth-order valence-corrected chi connectivity index (χ4v) is 2.79. The number of carboxylic acids is 1. The summed E-state index contributed by atoms with van der Waals surface area (Å²) in [6.45, 7) is 0. The Morgan fingerprint density at radius 2 is 1.88 bits per heavy atom. The van der Waals surface area contributed by atoms with Crippen LogP contribution < -0.4 is 11.5 Å². The van der Waals surface area contributed by atoms with Gasteiger partial charge >= 0.3 is 5.97 Å². The molecule has 0 heterocycles. The molecular formula is C12H25BN2O2. The summed E-state index contributed by atoms with van der Waals surface area (Å²) in [6.07, 6.45) is 7.17. The highest BCUT2D eigenvalue weighted by Crippen LogP contribution is 2.34. The van der Waals surface area contributed by atoms with Crippen LogP contribution in [-0.2, 0) is 4.79 Å². The molecule has 1 aliphatic rings. The van der Waals surface area contributed by atoms with E-state index in [4.69, 9.17) is 11.5 Å². The molecule has 1 fully saturated rings. The molecule has 4 nitrogen and oxygen atoms in total. The maximum absolute atomic E-state index is 11.4. The predicted octanol–water partition coefficient (Wildman–Crippen LogP) is 0.508. The number of carboxylic acid groups (broad SMARTS) is 1. The summed E-state index contributed by atoms with van der Waals surface area (Å²) in [5.74, 6) is -0.745. The van der Waals surface area contributed by atoms with Gasteiger partial charge in [0.15, 0.2) is 0 Å². The molecule has 17 heavy (non-hydrogen) atoms. The minimum absolute atomic E-state index is 0.0941. The molecule has 5 heteroatoms. The van der Waals surface area contributed by atoms with Gasteiger partial charge < -0.3 is 16.6 Å². The lowest BCUT2D eigenvalue weighted by Crippen LogP contribution is -2.55. The molecule has 1 unspecified atom stereocenters. The van der Waals surface area contributed by atoms with Crippen molar-refractivity contribution in [2.45, 2.75) is 62.8 Å². The van der Waals surface area contributed by atoms with Gasteiger partial charge in [-0.05, 0) is 38.0 Å². The molecular weight excluding hydrogens is 215 g/mol. The maximum atomic E-state index is 11.4. The number of rotatable bonds is 6. The zero-order valence-corrected chi connectivity index (χ0v) is 10.8. The van der Waals surface area contributed by atoms with E-state index < -0.39 is 11.5 Å². The number of carbonyl (C=O) groups is 1. The van der Waals surface area contributed by atoms with Crippen LogP contribution in [0, 0.1) is 5.92 Å². The highest BCUT2D eigenvalue weighted by molar-refractivity contribution is 6.08. The Kier molecular flexibility index (Phi) is 5.47. The summed E-state index contributed by atoms with van der Waals surface area (Å²) < 4.78 is 0. The Hall–Kier alpha value is -0.545. The first-order valence-corrected chi connectivity index (χ1v) is 6.78. The number of unbranched alkanes of at least 4 members (excludes halogenated alkanes) is 1. The fraction of sp³-hybridized carbons (Fsp3) is 0.917. The second-order valence-corrected chi connectivity index (χ2v) is 5.41. The fourth-order valence-electron chi connectivity index (χ4n) is 2.79. The average molecular weight is 240 g/mol. The van der Waals surface area contributed by atoms with Crippen molar-refractivity contribution in [3.8, 4) is 0 Å². The van der Waals surface area contributed by atoms with E-state index in [0.29, 0.717) is 6.42 Å². The summed E-state index contributed by atoms with van der Waals surface area (Å²) in [6, 6.07) is 0.236. The number of aliphatic carboxylic acids is 1. The van der Waals surface area contributed by atoms with Gasteiger partial charge in [0.2, 0.25) is 0 Å². The highest BCUT2D eigenvalue weighted by Gasteiger charge is 2.42. The van der Waals surface area contributed by atoms with Crippen LogP contribution in [0.25, 0.3) is 0 Å². The molecule has 1 atom stereocenters. The molecule has 0 spiro atoms. The van der Waals surface area contributed by atoms with E-state index in [-0.39, 0.29) is 12.0 Å². The van der Waals surface area contributed by atoms with Crippen LogP contribution >= 0.6 is 0 Å². The van der Waals surface area contributed by atoms with Crippen LogP contribution in [0.1, 0.15) is 44.9 Å². The molecule has 0 bridgehead atoms. The van der Waals surface area contributed by atoms with Gasteiger partial charge in [0, 0.05) is 6.04 Å². The average Bonchev–Trinajstić information content (AvgIpc) is 2.29. The molecule has 0 amide bonds. The van der Waals surface area contributed by atoms with E-state index in [1.54, 1.807) is 0 Å². The van der Waals surface area contributed by atoms with Crippen molar-refractivity contribution in [3.05, 3.63) is 0 Å². The van der Waals surface area contributed by atoms with Gasteiger partial charge in [-0.2, -0.15) is 0 Å². The minimum atomic E-state index is -1.03. The van der Waals surface area contributed by atoms with Gasteiger partial charge in [0.1, 0.15) is 13.4 Å². The van der Waals surface area contributed by atoms with Gasteiger partial charge in [-0.3, -0.25) is 4.79 Å². The smallest absolute Gasteiger partial charge is 0.323 e. The lowest BCUT2D eigenvalue weighted by Gasteiger charge is -2.37. The molecule has 0 aromatic heterocycles. The zero-order valence-electron chi connectivity index (χ0n) is 10.8. The maximum Gasteiger partial charge on any atom is 0.323 e.